The van der Waals surface area contributed by atoms with Crippen molar-refractivity contribution < 1.29 is 4.74 Å². The molecule has 106 valence electrons. The second-order valence-electron chi connectivity index (χ2n) is 5.19. The van der Waals surface area contributed by atoms with Gasteiger partial charge in [0.25, 0.3) is 0 Å². The van der Waals surface area contributed by atoms with E-state index in [1.54, 1.807) is 0 Å². The molecule has 2 N–H and O–H groups in total. The van der Waals surface area contributed by atoms with E-state index < -0.39 is 0 Å². The Hall–Kier alpha value is -1.32. The van der Waals surface area contributed by atoms with Crippen molar-refractivity contribution >= 4 is 15.9 Å². The van der Waals surface area contributed by atoms with Gasteiger partial charge in [0.05, 0.1) is 4.47 Å². The number of benzene rings is 2. The molecule has 2 unspecified atom stereocenters. The first-order valence-electron chi connectivity index (χ1n) is 6.73. The maximum Gasteiger partial charge on any atom is 0.139 e. The van der Waals surface area contributed by atoms with Gasteiger partial charge in [-0.25, -0.2) is 0 Å². The Balaban J connectivity index is 2.33. The van der Waals surface area contributed by atoms with Gasteiger partial charge >= 0.3 is 0 Å². The molecule has 3 heteroatoms. The second-order valence-corrected chi connectivity index (χ2v) is 6.04. The molecule has 0 aliphatic carbocycles. The first-order valence-corrected chi connectivity index (χ1v) is 7.52. The predicted molar refractivity (Wildman–Crippen MR) is 87.1 cm³/mol. The Kier molecular flexibility index (Phi) is 4.84. The Morgan fingerprint density at radius 3 is 2.40 bits per heavy atom. The molecule has 20 heavy (non-hydrogen) atoms. The van der Waals surface area contributed by atoms with E-state index in [-0.39, 0.29) is 12.1 Å². The smallest absolute Gasteiger partial charge is 0.139 e. The maximum atomic E-state index is 6.16. The first kappa shape index (κ1) is 15.1. The minimum absolute atomic E-state index is 0.0932. The lowest BCUT2D eigenvalue weighted by atomic mass is 9.99. The van der Waals surface area contributed by atoms with Crippen molar-refractivity contribution in [1.82, 2.24) is 0 Å². The maximum absolute atomic E-state index is 6.16. The number of rotatable bonds is 4. The molecular formula is C17H20BrNO. The number of aryl methyl sites for hydroxylation is 2. The van der Waals surface area contributed by atoms with Gasteiger partial charge in [-0.05, 0) is 65.5 Å². The minimum atomic E-state index is -0.157. The van der Waals surface area contributed by atoms with E-state index in [1.165, 1.54) is 11.1 Å². The average molecular weight is 334 g/mol. The van der Waals surface area contributed by atoms with Crippen molar-refractivity contribution in [2.24, 2.45) is 5.73 Å². The summed E-state index contributed by atoms with van der Waals surface area (Å²) in [6.07, 6.45) is -0.157. The fraction of sp³-hybridized carbons (Fsp3) is 0.294. The van der Waals surface area contributed by atoms with Gasteiger partial charge in [0.1, 0.15) is 11.9 Å². The van der Waals surface area contributed by atoms with E-state index in [2.05, 4.69) is 41.9 Å². The van der Waals surface area contributed by atoms with Crippen LogP contribution in [0.25, 0.3) is 0 Å². The number of nitrogens with two attached hydrogens (primary N) is 1. The minimum Gasteiger partial charge on any atom is -0.483 e. The third-order valence-electron chi connectivity index (χ3n) is 3.31. The van der Waals surface area contributed by atoms with Gasteiger partial charge < -0.3 is 10.5 Å². The van der Waals surface area contributed by atoms with Crippen LogP contribution in [0.2, 0.25) is 0 Å². The van der Waals surface area contributed by atoms with Crippen molar-refractivity contribution in [1.29, 1.82) is 0 Å². The molecule has 0 heterocycles. The SMILES string of the molecule is Cc1ccc(OC(c2ccccc2C)C(C)N)c(Br)c1. The standard InChI is InChI=1S/C17H20BrNO/c1-11-8-9-16(15(18)10-11)20-17(13(3)19)14-7-5-4-6-12(14)2/h4-10,13,17H,19H2,1-3H3. The third-order valence-corrected chi connectivity index (χ3v) is 3.93. The van der Waals surface area contributed by atoms with Gasteiger partial charge in [-0.3, -0.25) is 0 Å². The van der Waals surface area contributed by atoms with Gasteiger partial charge in [-0.15, -0.1) is 0 Å². The molecule has 0 amide bonds. The number of halogens is 1. The van der Waals surface area contributed by atoms with Crippen molar-refractivity contribution in [3.8, 4) is 5.75 Å². The quantitative estimate of drug-likeness (QED) is 0.891. The second kappa shape index (κ2) is 6.42. The van der Waals surface area contributed by atoms with Gasteiger partial charge in [-0.1, -0.05) is 30.3 Å². The molecule has 2 atom stereocenters. The summed E-state index contributed by atoms with van der Waals surface area (Å²) < 4.78 is 7.11. The highest BCUT2D eigenvalue weighted by molar-refractivity contribution is 9.10. The molecule has 0 saturated carbocycles. The highest BCUT2D eigenvalue weighted by Crippen LogP contribution is 2.32. The van der Waals surface area contributed by atoms with Crippen LogP contribution in [0.5, 0.6) is 5.75 Å². The van der Waals surface area contributed by atoms with Crippen molar-refractivity contribution in [2.45, 2.75) is 32.9 Å². The Bertz CT molecular complexity index is 595. The fourth-order valence-corrected chi connectivity index (χ4v) is 2.78. The lowest BCUT2D eigenvalue weighted by molar-refractivity contribution is 0.178. The van der Waals surface area contributed by atoms with Crippen LogP contribution in [0.4, 0.5) is 0 Å². The summed E-state index contributed by atoms with van der Waals surface area (Å²) in [4.78, 5) is 0. The van der Waals surface area contributed by atoms with Gasteiger partial charge in [0.15, 0.2) is 0 Å². The van der Waals surface area contributed by atoms with E-state index >= 15 is 0 Å². The molecule has 0 fully saturated rings. The van der Waals surface area contributed by atoms with Crippen LogP contribution in [-0.2, 0) is 0 Å². The molecule has 0 saturated heterocycles. The molecule has 2 rings (SSSR count). The van der Waals surface area contributed by atoms with Crippen LogP contribution in [0.3, 0.4) is 0 Å². The Morgan fingerprint density at radius 1 is 1.10 bits per heavy atom. The first-order chi connectivity index (χ1) is 9.49. The van der Waals surface area contributed by atoms with E-state index in [1.807, 2.05) is 37.3 Å². The van der Waals surface area contributed by atoms with Gasteiger partial charge in [-0.2, -0.15) is 0 Å². The zero-order valence-corrected chi connectivity index (χ0v) is 13.6. The number of hydrogen-bond acceptors (Lipinski definition) is 2. The van der Waals surface area contributed by atoms with Crippen molar-refractivity contribution in [3.63, 3.8) is 0 Å². The molecule has 0 spiro atoms. The summed E-state index contributed by atoms with van der Waals surface area (Å²) >= 11 is 3.55. The molecule has 0 aromatic heterocycles. The third kappa shape index (κ3) is 3.41. The summed E-state index contributed by atoms with van der Waals surface area (Å²) in [5.74, 6) is 0.821. The van der Waals surface area contributed by atoms with Crippen LogP contribution in [0.1, 0.15) is 29.7 Å². The Morgan fingerprint density at radius 2 is 1.80 bits per heavy atom. The van der Waals surface area contributed by atoms with Crippen molar-refractivity contribution in [3.05, 3.63) is 63.6 Å². The van der Waals surface area contributed by atoms with Crippen molar-refractivity contribution in [2.75, 3.05) is 0 Å². The van der Waals surface area contributed by atoms with Gasteiger partial charge in [0.2, 0.25) is 0 Å². The largest absolute Gasteiger partial charge is 0.483 e. The van der Waals surface area contributed by atoms with Crippen LogP contribution in [0, 0.1) is 13.8 Å². The van der Waals surface area contributed by atoms with E-state index in [4.69, 9.17) is 10.5 Å². The zero-order chi connectivity index (χ0) is 14.7. The lowest BCUT2D eigenvalue weighted by Crippen LogP contribution is -2.29. The summed E-state index contributed by atoms with van der Waals surface area (Å²) in [7, 11) is 0. The topological polar surface area (TPSA) is 35.2 Å². The number of hydrogen-bond donors (Lipinski definition) is 1. The fourth-order valence-electron chi connectivity index (χ4n) is 2.20. The molecular weight excluding hydrogens is 314 g/mol. The summed E-state index contributed by atoms with van der Waals surface area (Å²) in [6, 6.07) is 14.2. The molecule has 2 nitrogen and oxygen atoms in total. The summed E-state index contributed by atoms with van der Waals surface area (Å²) in [6.45, 7) is 6.11. The lowest BCUT2D eigenvalue weighted by Gasteiger charge is -2.25. The Labute approximate surface area is 129 Å². The highest BCUT2D eigenvalue weighted by Gasteiger charge is 2.20. The summed E-state index contributed by atoms with van der Waals surface area (Å²) in [5, 5.41) is 0. The van der Waals surface area contributed by atoms with E-state index in [0.29, 0.717) is 0 Å². The zero-order valence-electron chi connectivity index (χ0n) is 12.1. The monoisotopic (exact) mass is 333 g/mol. The average Bonchev–Trinajstić information content (AvgIpc) is 2.39. The van der Waals surface area contributed by atoms with Crippen LogP contribution >= 0.6 is 15.9 Å². The molecule has 0 aliphatic rings. The molecule has 0 radical (unpaired) electrons. The molecule has 2 aromatic carbocycles. The normalized spacial score (nSPS) is 13.8. The number of ether oxygens (including phenoxy) is 1. The predicted octanol–water partition coefficient (Wildman–Crippen LogP) is 4.53. The van der Waals surface area contributed by atoms with Crippen LogP contribution in [-0.4, -0.2) is 6.04 Å². The summed E-state index contributed by atoms with van der Waals surface area (Å²) in [5.41, 5.74) is 9.64. The van der Waals surface area contributed by atoms with Crippen LogP contribution < -0.4 is 10.5 Å². The molecule has 2 aromatic rings. The van der Waals surface area contributed by atoms with E-state index in [0.717, 1.165) is 15.8 Å². The van der Waals surface area contributed by atoms with Gasteiger partial charge in [0, 0.05) is 6.04 Å². The molecule has 0 bridgehead atoms. The highest BCUT2D eigenvalue weighted by atomic mass is 79.9. The molecule has 0 aliphatic heterocycles. The van der Waals surface area contributed by atoms with E-state index in [9.17, 15) is 0 Å². The van der Waals surface area contributed by atoms with Crippen LogP contribution in [0.15, 0.2) is 46.9 Å².